The van der Waals surface area contributed by atoms with E-state index in [0.29, 0.717) is 24.9 Å². The van der Waals surface area contributed by atoms with Gasteiger partial charge in [0.25, 0.3) is 0 Å². The maximum atomic E-state index is 11.0. The number of amides is 2. The van der Waals surface area contributed by atoms with Crippen LogP contribution in [0.4, 0.5) is 0 Å². The predicted molar refractivity (Wildman–Crippen MR) is 97.2 cm³/mol. The van der Waals surface area contributed by atoms with Crippen molar-refractivity contribution in [3.63, 3.8) is 0 Å². The lowest BCUT2D eigenvalue weighted by atomic mass is 10.1. The van der Waals surface area contributed by atoms with Crippen LogP contribution in [0.5, 0.6) is 0 Å². The number of nitrogens with one attached hydrogen (secondary N) is 2. The zero-order valence-electron chi connectivity index (χ0n) is 13.6. The molecule has 4 heteroatoms. The number of carbonyl (C=O) groups is 2. The molecule has 2 amide bonds. The van der Waals surface area contributed by atoms with Gasteiger partial charge in [0.1, 0.15) is 0 Å². The summed E-state index contributed by atoms with van der Waals surface area (Å²) in [5.74, 6) is 0.406. The SMILES string of the molecule is C.C=CC[C@@H]1CCCCC(=O)N1.C=CC[C@H]1CCCCC(=O)N1. The molecule has 2 saturated heterocycles. The van der Waals surface area contributed by atoms with Crippen molar-refractivity contribution < 1.29 is 9.59 Å². The van der Waals surface area contributed by atoms with Crippen LogP contribution in [0.25, 0.3) is 0 Å². The Bertz CT molecular complexity index is 344. The Labute approximate surface area is 141 Å². The average Bonchev–Trinajstić information content (AvgIpc) is 2.81. The monoisotopic (exact) mass is 322 g/mol. The van der Waals surface area contributed by atoms with Crippen LogP contribution in [0, 0.1) is 0 Å². The molecule has 0 aromatic heterocycles. The van der Waals surface area contributed by atoms with E-state index in [1.54, 1.807) is 0 Å². The second-order valence-electron chi connectivity index (χ2n) is 6.07. The van der Waals surface area contributed by atoms with Crippen LogP contribution in [-0.4, -0.2) is 23.9 Å². The van der Waals surface area contributed by atoms with Crippen LogP contribution in [0.1, 0.15) is 71.6 Å². The summed E-state index contributed by atoms with van der Waals surface area (Å²) in [5.41, 5.74) is 0. The summed E-state index contributed by atoms with van der Waals surface area (Å²) < 4.78 is 0. The van der Waals surface area contributed by atoms with E-state index in [0.717, 1.165) is 51.4 Å². The molecule has 2 atom stereocenters. The van der Waals surface area contributed by atoms with Gasteiger partial charge in [0.05, 0.1) is 0 Å². The minimum Gasteiger partial charge on any atom is -0.353 e. The van der Waals surface area contributed by atoms with E-state index < -0.39 is 0 Å². The van der Waals surface area contributed by atoms with Gasteiger partial charge in [-0.2, -0.15) is 0 Å². The molecular formula is C19H34N2O2. The van der Waals surface area contributed by atoms with Crippen LogP contribution < -0.4 is 10.6 Å². The quantitative estimate of drug-likeness (QED) is 0.772. The van der Waals surface area contributed by atoms with Crippen LogP contribution in [-0.2, 0) is 9.59 Å². The Kier molecular flexibility index (Phi) is 12.0. The van der Waals surface area contributed by atoms with E-state index in [1.807, 2.05) is 12.2 Å². The molecule has 2 aliphatic heterocycles. The van der Waals surface area contributed by atoms with Crippen molar-refractivity contribution in [2.45, 2.75) is 83.7 Å². The smallest absolute Gasteiger partial charge is 0.220 e. The standard InChI is InChI=1S/2C9H15NO.CH4/c2*1-2-5-8-6-3-4-7-9(11)10-8;/h2*2,8H,1,3-7H2,(H,10,11);1H4/t2*8-;/m10./s1. The number of rotatable bonds is 4. The summed E-state index contributed by atoms with van der Waals surface area (Å²) in [6.07, 6.45) is 13.6. The lowest BCUT2D eigenvalue weighted by Gasteiger charge is -2.12. The van der Waals surface area contributed by atoms with Gasteiger partial charge < -0.3 is 10.6 Å². The summed E-state index contributed by atoms with van der Waals surface area (Å²) in [4.78, 5) is 22.0. The fraction of sp³-hybridized carbons (Fsp3) is 0.684. The molecule has 2 aliphatic rings. The van der Waals surface area contributed by atoms with E-state index in [2.05, 4.69) is 23.8 Å². The third kappa shape index (κ3) is 9.93. The lowest BCUT2D eigenvalue weighted by molar-refractivity contribution is -0.122. The highest BCUT2D eigenvalue weighted by Gasteiger charge is 2.14. The van der Waals surface area contributed by atoms with Gasteiger partial charge >= 0.3 is 0 Å². The van der Waals surface area contributed by atoms with Gasteiger partial charge in [0, 0.05) is 24.9 Å². The maximum Gasteiger partial charge on any atom is 0.220 e. The fourth-order valence-electron chi connectivity index (χ4n) is 2.85. The van der Waals surface area contributed by atoms with Gasteiger partial charge in [0.2, 0.25) is 11.8 Å². The van der Waals surface area contributed by atoms with Gasteiger partial charge in [-0.05, 0) is 38.5 Å². The minimum atomic E-state index is 0. The van der Waals surface area contributed by atoms with Crippen molar-refractivity contribution in [1.29, 1.82) is 0 Å². The largest absolute Gasteiger partial charge is 0.353 e. The first-order chi connectivity index (χ1) is 10.7. The average molecular weight is 322 g/mol. The highest BCUT2D eigenvalue weighted by Crippen LogP contribution is 2.12. The molecule has 2 heterocycles. The zero-order chi connectivity index (χ0) is 16.2. The molecule has 23 heavy (non-hydrogen) atoms. The van der Waals surface area contributed by atoms with E-state index in [1.165, 1.54) is 0 Å². The Morgan fingerprint density at radius 2 is 1.22 bits per heavy atom. The second-order valence-corrected chi connectivity index (χ2v) is 6.07. The third-order valence-corrected chi connectivity index (χ3v) is 4.05. The second kappa shape index (κ2) is 12.9. The van der Waals surface area contributed by atoms with Crippen LogP contribution in [0.15, 0.2) is 25.3 Å². The highest BCUT2D eigenvalue weighted by molar-refractivity contribution is 5.76. The summed E-state index contributed by atoms with van der Waals surface area (Å²) in [6, 6.07) is 0.699. The molecule has 4 nitrogen and oxygen atoms in total. The molecule has 0 spiro atoms. The van der Waals surface area contributed by atoms with Crippen molar-refractivity contribution in [3.05, 3.63) is 25.3 Å². The molecular weight excluding hydrogens is 288 g/mol. The van der Waals surface area contributed by atoms with Crippen molar-refractivity contribution in [3.8, 4) is 0 Å². The Morgan fingerprint density at radius 1 is 0.826 bits per heavy atom. The summed E-state index contributed by atoms with van der Waals surface area (Å²) in [5, 5.41) is 5.94. The van der Waals surface area contributed by atoms with Crippen molar-refractivity contribution >= 4 is 11.8 Å². The van der Waals surface area contributed by atoms with Crippen molar-refractivity contribution in [1.82, 2.24) is 10.6 Å². The van der Waals surface area contributed by atoms with Gasteiger partial charge in [-0.1, -0.05) is 32.4 Å². The van der Waals surface area contributed by atoms with Crippen molar-refractivity contribution in [2.24, 2.45) is 0 Å². The van der Waals surface area contributed by atoms with E-state index in [4.69, 9.17) is 0 Å². The summed E-state index contributed by atoms with van der Waals surface area (Å²) in [7, 11) is 0. The highest BCUT2D eigenvalue weighted by atomic mass is 16.2. The van der Waals surface area contributed by atoms with Gasteiger partial charge in [-0.15, -0.1) is 13.2 Å². The van der Waals surface area contributed by atoms with E-state index >= 15 is 0 Å². The Balaban J connectivity index is 0.000000403. The normalized spacial score (nSPS) is 24.3. The molecule has 0 aromatic rings. The first-order valence-electron chi connectivity index (χ1n) is 8.46. The molecule has 0 bridgehead atoms. The number of carbonyl (C=O) groups excluding carboxylic acids is 2. The number of hydrogen-bond donors (Lipinski definition) is 2. The Hall–Kier alpha value is -1.58. The molecule has 0 aliphatic carbocycles. The van der Waals surface area contributed by atoms with Crippen LogP contribution in [0.2, 0.25) is 0 Å². The maximum absolute atomic E-state index is 11.0. The first-order valence-corrected chi connectivity index (χ1v) is 8.46. The predicted octanol–water partition coefficient (Wildman–Crippen LogP) is 3.88. The van der Waals surface area contributed by atoms with E-state index in [9.17, 15) is 9.59 Å². The molecule has 132 valence electrons. The molecule has 0 unspecified atom stereocenters. The van der Waals surface area contributed by atoms with Gasteiger partial charge in [0.15, 0.2) is 0 Å². The van der Waals surface area contributed by atoms with Crippen molar-refractivity contribution in [2.75, 3.05) is 0 Å². The Morgan fingerprint density at radius 3 is 1.57 bits per heavy atom. The molecule has 0 saturated carbocycles. The number of hydrogen-bond acceptors (Lipinski definition) is 2. The zero-order valence-corrected chi connectivity index (χ0v) is 13.6. The molecule has 2 rings (SSSR count). The molecule has 0 radical (unpaired) electrons. The van der Waals surface area contributed by atoms with E-state index in [-0.39, 0.29) is 19.2 Å². The third-order valence-electron chi connectivity index (χ3n) is 4.05. The fourth-order valence-corrected chi connectivity index (χ4v) is 2.85. The lowest BCUT2D eigenvalue weighted by Crippen LogP contribution is -2.32. The summed E-state index contributed by atoms with van der Waals surface area (Å²) in [6.45, 7) is 7.32. The minimum absolute atomic E-state index is 0. The first kappa shape index (κ1) is 21.4. The summed E-state index contributed by atoms with van der Waals surface area (Å²) >= 11 is 0. The van der Waals surface area contributed by atoms with Gasteiger partial charge in [-0.3, -0.25) is 9.59 Å². The van der Waals surface area contributed by atoms with Crippen LogP contribution in [0.3, 0.4) is 0 Å². The topological polar surface area (TPSA) is 58.2 Å². The molecule has 2 fully saturated rings. The molecule has 0 aromatic carbocycles. The molecule has 2 N–H and O–H groups in total. The van der Waals surface area contributed by atoms with Gasteiger partial charge in [-0.25, -0.2) is 0 Å². The van der Waals surface area contributed by atoms with Crippen LogP contribution >= 0.6 is 0 Å².